The molecule has 2 aromatic heterocycles. The fourth-order valence-corrected chi connectivity index (χ4v) is 3.48. The Morgan fingerprint density at radius 1 is 1.16 bits per heavy atom. The average Bonchev–Trinajstić information content (AvgIpc) is 3.18. The van der Waals surface area contributed by atoms with Crippen LogP contribution in [0.15, 0.2) is 70.2 Å². The molecule has 158 valence electrons. The van der Waals surface area contributed by atoms with Gasteiger partial charge in [-0.2, -0.15) is 9.50 Å². The third kappa shape index (κ3) is 4.51. The fraction of sp³-hybridized carbons (Fsp3) is 0.182. The zero-order valence-electron chi connectivity index (χ0n) is 16.9. The molecule has 0 aliphatic rings. The summed E-state index contributed by atoms with van der Waals surface area (Å²) in [5, 5.41) is 2.86. The lowest BCUT2D eigenvalue weighted by Crippen LogP contribution is -2.23. The Morgan fingerprint density at radius 3 is 2.74 bits per heavy atom. The van der Waals surface area contributed by atoms with Gasteiger partial charge in [-0.25, -0.2) is 4.98 Å². The number of fused-ring (bicyclic) bond motifs is 1. The number of carbonyl (C=O) groups is 1. The van der Waals surface area contributed by atoms with Crippen LogP contribution in [0.1, 0.15) is 35.9 Å². The number of benzene rings is 2. The molecule has 4 aromatic rings. The third-order valence-electron chi connectivity index (χ3n) is 4.58. The van der Waals surface area contributed by atoms with Gasteiger partial charge in [0.05, 0.1) is 11.4 Å². The van der Waals surface area contributed by atoms with Gasteiger partial charge in [0, 0.05) is 22.1 Å². The van der Waals surface area contributed by atoms with Crippen LogP contribution in [-0.4, -0.2) is 25.1 Å². The van der Waals surface area contributed by atoms with Crippen molar-refractivity contribution < 1.29 is 9.53 Å². The number of aromatic nitrogens is 4. The highest BCUT2D eigenvalue weighted by molar-refractivity contribution is 9.10. The topological polar surface area (TPSA) is 90.5 Å². The van der Waals surface area contributed by atoms with E-state index in [0.29, 0.717) is 28.5 Å². The highest BCUT2D eigenvalue weighted by atomic mass is 79.9. The molecule has 1 amide bonds. The van der Waals surface area contributed by atoms with Crippen LogP contribution in [0.2, 0.25) is 0 Å². The standard InChI is InChI=1S/C22H20BrN5O3/c1-14(2)27-13-24-22-25-17(11-20(29)28(22)27)12-31-19-9-4-3-8-18(19)26-21(30)15-6-5-7-16(23)10-15/h3-11,13-14H,12H2,1-2H3,(H,26,30). The van der Waals surface area contributed by atoms with Crippen LogP contribution < -0.4 is 15.6 Å². The predicted octanol–water partition coefficient (Wildman–Crippen LogP) is 4.07. The molecule has 0 fully saturated rings. The molecule has 8 nitrogen and oxygen atoms in total. The summed E-state index contributed by atoms with van der Waals surface area (Å²) in [4.78, 5) is 33.8. The number of para-hydroxylation sites is 2. The van der Waals surface area contributed by atoms with E-state index < -0.39 is 0 Å². The molecule has 2 heterocycles. The maximum absolute atomic E-state index is 12.6. The van der Waals surface area contributed by atoms with Gasteiger partial charge in [-0.3, -0.25) is 14.3 Å². The number of hydrogen-bond donors (Lipinski definition) is 1. The Morgan fingerprint density at radius 2 is 1.97 bits per heavy atom. The lowest BCUT2D eigenvalue weighted by Gasteiger charge is -2.13. The van der Waals surface area contributed by atoms with Crippen molar-refractivity contribution in [1.82, 2.24) is 19.2 Å². The number of halogens is 1. The third-order valence-corrected chi connectivity index (χ3v) is 5.07. The van der Waals surface area contributed by atoms with Crippen LogP contribution in [0.3, 0.4) is 0 Å². The van der Waals surface area contributed by atoms with Crippen molar-refractivity contribution in [3.8, 4) is 5.75 Å². The monoisotopic (exact) mass is 481 g/mol. The van der Waals surface area contributed by atoms with Crippen LogP contribution in [0, 0.1) is 0 Å². The Kier molecular flexibility index (Phi) is 5.85. The maximum Gasteiger partial charge on any atom is 0.274 e. The molecule has 0 saturated carbocycles. The van der Waals surface area contributed by atoms with E-state index in [1.54, 1.807) is 53.5 Å². The Bertz CT molecular complexity index is 1310. The predicted molar refractivity (Wildman–Crippen MR) is 121 cm³/mol. The zero-order valence-corrected chi connectivity index (χ0v) is 18.5. The second kappa shape index (κ2) is 8.73. The number of hydrogen-bond acceptors (Lipinski definition) is 5. The summed E-state index contributed by atoms with van der Waals surface area (Å²) in [5.41, 5.74) is 1.26. The van der Waals surface area contributed by atoms with Gasteiger partial charge >= 0.3 is 0 Å². The quantitative estimate of drug-likeness (QED) is 0.448. The van der Waals surface area contributed by atoms with Gasteiger partial charge in [0.1, 0.15) is 18.7 Å². The Labute approximate surface area is 186 Å². The summed E-state index contributed by atoms with van der Waals surface area (Å²) in [7, 11) is 0. The van der Waals surface area contributed by atoms with Crippen LogP contribution in [0.5, 0.6) is 5.75 Å². The molecule has 0 aliphatic heterocycles. The maximum atomic E-state index is 12.6. The molecule has 2 aromatic carbocycles. The second-order valence-corrected chi connectivity index (χ2v) is 8.08. The van der Waals surface area contributed by atoms with Crippen molar-refractivity contribution in [3.63, 3.8) is 0 Å². The van der Waals surface area contributed by atoms with Crippen molar-refractivity contribution in [1.29, 1.82) is 0 Å². The van der Waals surface area contributed by atoms with E-state index in [1.165, 1.54) is 10.6 Å². The molecule has 4 rings (SSSR count). The van der Waals surface area contributed by atoms with E-state index >= 15 is 0 Å². The highest BCUT2D eigenvalue weighted by Crippen LogP contribution is 2.25. The molecule has 0 radical (unpaired) electrons. The molecular formula is C22H20BrN5O3. The SMILES string of the molecule is CC(C)n1cnc2nc(COc3ccccc3NC(=O)c3cccc(Br)c3)cc(=O)n21. The van der Waals surface area contributed by atoms with Crippen molar-refractivity contribution >= 4 is 33.3 Å². The molecular weight excluding hydrogens is 462 g/mol. The first-order chi connectivity index (χ1) is 14.9. The number of amides is 1. The average molecular weight is 482 g/mol. The van der Waals surface area contributed by atoms with Crippen molar-refractivity contribution in [3.05, 3.63) is 87.0 Å². The van der Waals surface area contributed by atoms with Crippen molar-refractivity contribution in [2.45, 2.75) is 26.5 Å². The van der Waals surface area contributed by atoms with E-state index in [1.807, 2.05) is 19.9 Å². The molecule has 1 N–H and O–H groups in total. The minimum atomic E-state index is -0.255. The minimum absolute atomic E-state index is 0.0596. The summed E-state index contributed by atoms with van der Waals surface area (Å²) < 4.78 is 9.84. The molecule has 0 bridgehead atoms. The van der Waals surface area contributed by atoms with Crippen LogP contribution in [-0.2, 0) is 6.61 Å². The number of rotatable bonds is 6. The largest absolute Gasteiger partial charge is 0.485 e. The summed E-state index contributed by atoms with van der Waals surface area (Å²) >= 11 is 3.37. The molecule has 0 atom stereocenters. The number of nitrogens with one attached hydrogen (secondary N) is 1. The lowest BCUT2D eigenvalue weighted by atomic mass is 10.2. The molecule has 31 heavy (non-hydrogen) atoms. The van der Waals surface area contributed by atoms with Gasteiger partial charge in [-0.1, -0.05) is 34.1 Å². The molecule has 0 aliphatic carbocycles. The van der Waals surface area contributed by atoms with E-state index in [0.717, 1.165) is 4.47 Å². The van der Waals surface area contributed by atoms with Crippen molar-refractivity contribution in [2.75, 3.05) is 5.32 Å². The number of ether oxygens (including phenoxy) is 1. The summed E-state index contributed by atoms with van der Waals surface area (Å²) in [6.07, 6.45) is 1.59. The van der Waals surface area contributed by atoms with Gasteiger partial charge in [0.15, 0.2) is 0 Å². The number of carbonyl (C=O) groups excluding carboxylic acids is 1. The smallest absolute Gasteiger partial charge is 0.274 e. The first kappa shape index (κ1) is 20.8. The van der Waals surface area contributed by atoms with Gasteiger partial charge in [0.25, 0.3) is 17.2 Å². The number of anilines is 1. The van der Waals surface area contributed by atoms with E-state index in [-0.39, 0.29) is 24.1 Å². The van der Waals surface area contributed by atoms with Gasteiger partial charge in [-0.05, 0) is 44.2 Å². The van der Waals surface area contributed by atoms with Gasteiger partial charge in [-0.15, -0.1) is 0 Å². The Balaban J connectivity index is 1.53. The van der Waals surface area contributed by atoms with E-state index in [2.05, 4.69) is 31.2 Å². The van der Waals surface area contributed by atoms with Gasteiger partial charge < -0.3 is 10.1 Å². The first-order valence-corrected chi connectivity index (χ1v) is 10.5. The fourth-order valence-electron chi connectivity index (χ4n) is 3.08. The summed E-state index contributed by atoms with van der Waals surface area (Å²) in [6, 6.07) is 15.7. The molecule has 9 heteroatoms. The normalized spacial score (nSPS) is 11.1. The van der Waals surface area contributed by atoms with E-state index in [4.69, 9.17) is 4.74 Å². The first-order valence-electron chi connectivity index (χ1n) is 9.67. The lowest BCUT2D eigenvalue weighted by molar-refractivity contribution is 0.102. The second-order valence-electron chi connectivity index (χ2n) is 7.17. The van der Waals surface area contributed by atoms with Crippen LogP contribution in [0.25, 0.3) is 5.78 Å². The van der Waals surface area contributed by atoms with Crippen LogP contribution >= 0.6 is 15.9 Å². The zero-order chi connectivity index (χ0) is 22.0. The molecule has 0 unspecified atom stereocenters. The van der Waals surface area contributed by atoms with Crippen LogP contribution in [0.4, 0.5) is 5.69 Å². The molecule has 0 saturated heterocycles. The Hall–Kier alpha value is -3.46. The number of nitrogens with zero attached hydrogens (tertiary/aromatic N) is 4. The summed E-state index contributed by atoms with van der Waals surface area (Å²) in [5.74, 6) is 0.533. The van der Waals surface area contributed by atoms with Gasteiger partial charge in [0.2, 0.25) is 0 Å². The molecule has 0 spiro atoms. The minimum Gasteiger partial charge on any atom is -0.485 e. The highest BCUT2D eigenvalue weighted by Gasteiger charge is 2.13. The van der Waals surface area contributed by atoms with E-state index in [9.17, 15) is 9.59 Å². The van der Waals surface area contributed by atoms with Crippen molar-refractivity contribution in [2.24, 2.45) is 0 Å². The summed E-state index contributed by atoms with van der Waals surface area (Å²) in [6.45, 7) is 3.98.